The molecular weight excluding hydrogens is 810 g/mol. The van der Waals surface area contributed by atoms with Crippen LogP contribution in [0.2, 0.25) is 0 Å². The van der Waals surface area contributed by atoms with Crippen molar-refractivity contribution < 1.29 is 89.5 Å². The molecule has 2 fully saturated rings. The summed E-state index contributed by atoms with van der Waals surface area (Å²) in [5.74, 6) is -0.549. The summed E-state index contributed by atoms with van der Waals surface area (Å²) in [6.07, 6.45) is -17.1. The van der Waals surface area contributed by atoms with E-state index in [1.807, 2.05) is 48.5 Å². The van der Waals surface area contributed by atoms with Crippen molar-refractivity contribution in [1.29, 1.82) is 0 Å². The van der Waals surface area contributed by atoms with Gasteiger partial charge in [-0.1, -0.05) is 80.8 Å². The van der Waals surface area contributed by atoms with Gasteiger partial charge in [-0.3, -0.25) is 9.59 Å². The third-order valence-electron chi connectivity index (χ3n) is 10.3. The highest BCUT2D eigenvalue weighted by Gasteiger charge is 2.47. The molecule has 21 heteroatoms. The van der Waals surface area contributed by atoms with Crippen LogP contribution in [-0.4, -0.2) is 200 Å². The van der Waals surface area contributed by atoms with Gasteiger partial charge in [0, 0.05) is 20.2 Å². The molecule has 21 nitrogen and oxygen atoms in total. The SMILES string of the molecule is CC.CCCC1OC(OCC(O)C(O)C(O)C(O)/C=N/OCC(=O)NCCCNC(=O)C(C)(CC(C)(C)C)C(C)(C)C)C(O)C(O)C1O.COC1OC(CO)C(O)C(O)C1O. The van der Waals surface area contributed by atoms with Crippen LogP contribution in [0.1, 0.15) is 94.9 Å². The Bertz CT molecular complexity index is 1230. The minimum absolute atomic E-state index is 0.0355. The number of nitrogens with one attached hydrogen (secondary N) is 2. The van der Waals surface area contributed by atoms with E-state index in [4.69, 9.17) is 28.9 Å². The number of methoxy groups -OCH3 is 1. The van der Waals surface area contributed by atoms with Gasteiger partial charge in [0.2, 0.25) is 5.91 Å². The molecular formula is C40H79N3O18. The molecule has 13 N–H and O–H groups in total. The highest BCUT2D eigenvalue weighted by Crippen LogP contribution is 2.46. The molecule has 2 aliphatic rings. The average molecular weight is 890 g/mol. The summed E-state index contributed by atoms with van der Waals surface area (Å²) in [5.41, 5.74) is -0.871. The topological polar surface area (TPSA) is 339 Å². The number of aliphatic hydroxyl groups excluding tert-OH is 11. The van der Waals surface area contributed by atoms with Gasteiger partial charge in [0.05, 0.1) is 30.9 Å². The number of nitrogens with zero attached hydrogens (tertiary/aromatic N) is 1. The first-order valence-electron chi connectivity index (χ1n) is 20.8. The van der Waals surface area contributed by atoms with E-state index in [2.05, 4.69) is 36.6 Å². The van der Waals surface area contributed by atoms with E-state index in [1.54, 1.807) is 0 Å². The molecule has 0 aromatic carbocycles. The Labute approximate surface area is 360 Å². The number of rotatable bonds is 20. The van der Waals surface area contributed by atoms with Crippen molar-refractivity contribution >= 4 is 18.0 Å². The van der Waals surface area contributed by atoms with Gasteiger partial charge < -0.3 is 90.6 Å². The quantitative estimate of drug-likeness (QED) is 0.0345. The Balaban J connectivity index is 0.00000201. The van der Waals surface area contributed by atoms with E-state index >= 15 is 0 Å². The Kier molecular flexibility index (Phi) is 26.9. The molecule has 2 heterocycles. The molecule has 0 radical (unpaired) electrons. The Morgan fingerprint density at radius 1 is 0.770 bits per heavy atom. The van der Waals surface area contributed by atoms with Gasteiger partial charge in [-0.25, -0.2) is 0 Å². The molecule has 2 rings (SSSR count). The maximum Gasteiger partial charge on any atom is 0.260 e. The lowest BCUT2D eigenvalue weighted by atomic mass is 9.61. The van der Waals surface area contributed by atoms with Crippen LogP contribution in [0.15, 0.2) is 5.16 Å². The minimum atomic E-state index is -1.93. The van der Waals surface area contributed by atoms with Crippen molar-refractivity contribution in [1.82, 2.24) is 10.6 Å². The number of hydrogen-bond donors (Lipinski definition) is 13. The second kappa shape index (κ2) is 27.9. The highest BCUT2D eigenvalue weighted by atomic mass is 16.7. The number of carbonyl (C=O) groups is 2. The summed E-state index contributed by atoms with van der Waals surface area (Å²) in [7, 11) is 1.30. The van der Waals surface area contributed by atoms with Crippen molar-refractivity contribution in [2.45, 2.75) is 181 Å². The zero-order valence-corrected chi connectivity index (χ0v) is 37.7. The van der Waals surface area contributed by atoms with Gasteiger partial charge >= 0.3 is 0 Å². The molecule has 0 aromatic rings. The average Bonchev–Trinajstić information content (AvgIpc) is 3.20. The molecule has 15 unspecified atom stereocenters. The predicted molar refractivity (Wildman–Crippen MR) is 220 cm³/mol. The number of ether oxygens (including phenoxy) is 4. The van der Waals surface area contributed by atoms with Crippen LogP contribution in [0.3, 0.4) is 0 Å². The number of hydrogen-bond acceptors (Lipinski definition) is 19. The van der Waals surface area contributed by atoms with E-state index < -0.39 is 117 Å². The molecule has 0 spiro atoms. The summed E-state index contributed by atoms with van der Waals surface area (Å²) < 4.78 is 20.4. The number of oxime groups is 1. The van der Waals surface area contributed by atoms with E-state index in [0.717, 1.165) is 6.21 Å². The Morgan fingerprint density at radius 2 is 1.30 bits per heavy atom. The molecule has 15 atom stereocenters. The summed E-state index contributed by atoms with van der Waals surface area (Å²) in [6.45, 7) is 19.3. The van der Waals surface area contributed by atoms with Crippen molar-refractivity contribution in [2.75, 3.05) is 40.0 Å². The lowest BCUT2D eigenvalue weighted by molar-refractivity contribution is -0.303. The van der Waals surface area contributed by atoms with Crippen LogP contribution in [-0.2, 0) is 33.4 Å². The highest BCUT2D eigenvalue weighted by molar-refractivity contribution is 5.83. The molecule has 2 aliphatic heterocycles. The molecule has 0 aromatic heterocycles. The molecule has 0 aliphatic carbocycles. The van der Waals surface area contributed by atoms with Crippen LogP contribution in [0.4, 0.5) is 0 Å². The Morgan fingerprint density at radius 3 is 1.80 bits per heavy atom. The van der Waals surface area contributed by atoms with Gasteiger partial charge in [0.25, 0.3) is 5.91 Å². The first-order chi connectivity index (χ1) is 28.3. The van der Waals surface area contributed by atoms with Crippen molar-refractivity contribution in [2.24, 2.45) is 21.4 Å². The molecule has 2 saturated heterocycles. The van der Waals surface area contributed by atoms with Gasteiger partial charge in [-0.05, 0) is 30.1 Å². The zero-order valence-electron chi connectivity index (χ0n) is 37.7. The third-order valence-corrected chi connectivity index (χ3v) is 10.3. The minimum Gasteiger partial charge on any atom is -0.394 e. The van der Waals surface area contributed by atoms with Gasteiger partial charge in [0.15, 0.2) is 19.2 Å². The van der Waals surface area contributed by atoms with E-state index in [9.17, 15) is 60.7 Å². The molecule has 0 bridgehead atoms. The maximum atomic E-state index is 13.1. The second-order valence-electron chi connectivity index (χ2n) is 17.4. The first-order valence-corrected chi connectivity index (χ1v) is 20.8. The Hall–Kier alpha value is -2.19. The lowest BCUT2D eigenvalue weighted by Crippen LogP contribution is -2.58. The van der Waals surface area contributed by atoms with Gasteiger partial charge in [0.1, 0.15) is 67.1 Å². The van der Waals surface area contributed by atoms with Gasteiger partial charge in [-0.2, -0.15) is 0 Å². The number of carbonyl (C=O) groups excluding carboxylic acids is 2. The smallest absolute Gasteiger partial charge is 0.260 e. The van der Waals surface area contributed by atoms with E-state index in [-0.39, 0.29) is 23.3 Å². The van der Waals surface area contributed by atoms with Gasteiger partial charge in [-0.15, -0.1) is 0 Å². The summed E-state index contributed by atoms with van der Waals surface area (Å²) in [6, 6.07) is 0. The van der Waals surface area contributed by atoms with Crippen LogP contribution in [0.25, 0.3) is 0 Å². The van der Waals surface area contributed by atoms with Crippen molar-refractivity contribution in [3.63, 3.8) is 0 Å². The normalized spacial score (nSPS) is 30.0. The zero-order chi connectivity index (χ0) is 47.5. The van der Waals surface area contributed by atoms with Crippen molar-refractivity contribution in [3.8, 4) is 0 Å². The maximum absolute atomic E-state index is 13.1. The van der Waals surface area contributed by atoms with E-state index in [0.29, 0.717) is 32.2 Å². The number of amides is 2. The summed E-state index contributed by atoms with van der Waals surface area (Å²) >= 11 is 0. The van der Waals surface area contributed by atoms with Crippen molar-refractivity contribution in [3.05, 3.63) is 0 Å². The summed E-state index contributed by atoms with van der Waals surface area (Å²) in [4.78, 5) is 29.9. The predicted octanol–water partition coefficient (Wildman–Crippen LogP) is -2.37. The molecule has 2 amide bonds. The fourth-order valence-electron chi connectivity index (χ4n) is 6.36. The fourth-order valence-corrected chi connectivity index (χ4v) is 6.36. The molecule has 61 heavy (non-hydrogen) atoms. The second-order valence-corrected chi connectivity index (χ2v) is 17.4. The summed E-state index contributed by atoms with van der Waals surface area (Å²) in [5, 5.41) is 116. The lowest BCUT2D eigenvalue weighted by Gasteiger charge is -2.44. The standard InChI is InChI=1S/C31H59N3O12.C7H14O6.C2H6/c1-9-11-20-24(40)25(41)26(42)27(46-20)44-15-19(36)23(39)22(38)18(35)14-34-45-16-21(37)32-12-10-13-33-28(43)31(8,30(5,6)7)17-29(2,3)4;1-12-7-6(11)5(10)4(9)3(2-8)13-7;1-2/h14,18-20,22-27,35-36,38-42H,9-13,15-17H2,1-8H3,(H,32,37)(H,33,43);3-11H,2H2,1H3;1-2H3/b34-14+;;. The fraction of sp³-hybridized carbons (Fsp3) is 0.925. The third kappa shape index (κ3) is 18.8. The first kappa shape index (κ1) is 58.8. The van der Waals surface area contributed by atoms with E-state index in [1.165, 1.54) is 7.11 Å². The monoisotopic (exact) mass is 890 g/mol. The van der Waals surface area contributed by atoms with Crippen LogP contribution >= 0.6 is 0 Å². The van der Waals surface area contributed by atoms with Crippen LogP contribution in [0.5, 0.6) is 0 Å². The number of aliphatic hydroxyl groups is 11. The molecule has 0 saturated carbocycles. The van der Waals surface area contributed by atoms with Crippen LogP contribution < -0.4 is 10.6 Å². The van der Waals surface area contributed by atoms with Crippen LogP contribution in [0, 0.1) is 16.2 Å². The molecule has 362 valence electrons. The largest absolute Gasteiger partial charge is 0.394 e.